The Kier molecular flexibility index (Phi) is 2.89. The summed E-state index contributed by atoms with van der Waals surface area (Å²) in [5, 5.41) is 11.1. The van der Waals surface area contributed by atoms with Gasteiger partial charge in [0.25, 0.3) is 0 Å². The summed E-state index contributed by atoms with van der Waals surface area (Å²) >= 11 is 1.65. The number of hydrogen-bond donors (Lipinski definition) is 1. The van der Waals surface area contributed by atoms with Crippen molar-refractivity contribution in [2.75, 3.05) is 0 Å². The highest BCUT2D eigenvalue weighted by molar-refractivity contribution is 7.19. The van der Waals surface area contributed by atoms with E-state index in [1.807, 2.05) is 32.1 Å². The van der Waals surface area contributed by atoms with E-state index in [2.05, 4.69) is 18.2 Å². The van der Waals surface area contributed by atoms with Gasteiger partial charge in [0, 0.05) is 9.58 Å². The molecule has 2 heteroatoms. The largest absolute Gasteiger partial charge is 0.383 e. The van der Waals surface area contributed by atoms with Gasteiger partial charge in [0.2, 0.25) is 0 Å². The number of hydrogen-bond acceptors (Lipinski definition) is 2. The quantitative estimate of drug-likeness (QED) is 0.758. The maximum atomic E-state index is 9.93. The van der Waals surface area contributed by atoms with Crippen LogP contribution in [-0.4, -0.2) is 5.11 Å². The first-order valence-electron chi connectivity index (χ1n) is 4.98. The molecule has 2 aromatic rings. The monoisotopic (exact) mass is 218 g/mol. The molecule has 0 spiro atoms. The highest BCUT2D eigenvalue weighted by Crippen LogP contribution is 2.30. The van der Waals surface area contributed by atoms with E-state index in [9.17, 15) is 5.11 Å². The number of rotatable bonds is 2. The second-order valence-corrected chi connectivity index (χ2v) is 4.99. The van der Waals surface area contributed by atoms with Gasteiger partial charge >= 0.3 is 0 Å². The summed E-state index contributed by atoms with van der Waals surface area (Å²) < 4.78 is 1.23. The highest BCUT2D eigenvalue weighted by atomic mass is 32.1. The summed E-state index contributed by atoms with van der Waals surface area (Å²) in [5.74, 6) is 0. The molecule has 78 valence electrons. The third-order valence-electron chi connectivity index (χ3n) is 2.23. The molecule has 0 amide bonds. The van der Waals surface area contributed by atoms with Crippen LogP contribution >= 0.6 is 11.3 Å². The van der Waals surface area contributed by atoms with Gasteiger partial charge in [-0.2, -0.15) is 0 Å². The lowest BCUT2D eigenvalue weighted by molar-refractivity contribution is 0.231. The summed E-state index contributed by atoms with van der Waals surface area (Å²) in [4.78, 5) is 1.01. The van der Waals surface area contributed by atoms with Gasteiger partial charge in [-0.25, -0.2) is 0 Å². The number of benzene rings is 1. The van der Waals surface area contributed by atoms with Crippen molar-refractivity contribution in [2.24, 2.45) is 0 Å². The zero-order valence-electron chi connectivity index (χ0n) is 8.90. The van der Waals surface area contributed by atoms with E-state index in [0.717, 1.165) is 10.5 Å². The molecule has 0 bridgehead atoms. The molecule has 0 aliphatic heterocycles. The molecule has 2 rings (SSSR count). The Bertz CT molecular complexity index is 459. The van der Waals surface area contributed by atoms with Crippen molar-refractivity contribution in [3.63, 3.8) is 0 Å². The summed E-state index contributed by atoms with van der Waals surface area (Å²) in [6.45, 7) is 3.99. The molecule has 1 N–H and O–H groups in total. The van der Waals surface area contributed by atoms with Crippen LogP contribution in [0.5, 0.6) is 0 Å². The van der Waals surface area contributed by atoms with Crippen molar-refractivity contribution in [3.05, 3.63) is 46.9 Å². The number of fused-ring (bicyclic) bond motifs is 1. The maximum Gasteiger partial charge on any atom is 0.107 e. The minimum absolute atomic E-state index is 0.465. The second kappa shape index (κ2) is 4.17. The number of allylic oxidation sites excluding steroid dienone is 1. The van der Waals surface area contributed by atoms with Crippen molar-refractivity contribution in [1.29, 1.82) is 0 Å². The minimum atomic E-state index is -0.465. The number of thiophene rings is 1. The van der Waals surface area contributed by atoms with Crippen LogP contribution in [0, 0.1) is 0 Å². The smallest absolute Gasteiger partial charge is 0.107 e. The van der Waals surface area contributed by atoms with Gasteiger partial charge in [-0.3, -0.25) is 0 Å². The van der Waals surface area contributed by atoms with Crippen LogP contribution < -0.4 is 0 Å². The van der Waals surface area contributed by atoms with Gasteiger partial charge in [-0.1, -0.05) is 29.8 Å². The molecule has 0 saturated heterocycles. The van der Waals surface area contributed by atoms with Crippen LogP contribution in [0.3, 0.4) is 0 Å². The topological polar surface area (TPSA) is 20.2 Å². The summed E-state index contributed by atoms with van der Waals surface area (Å²) in [6.07, 6.45) is 1.41. The SMILES string of the molecule is CC(C)=CC(O)c1cc2ccccc2s1. The van der Waals surface area contributed by atoms with Crippen LogP contribution in [0.25, 0.3) is 10.1 Å². The Morgan fingerprint density at radius 2 is 2.07 bits per heavy atom. The van der Waals surface area contributed by atoms with E-state index in [4.69, 9.17) is 0 Å². The average molecular weight is 218 g/mol. The predicted molar refractivity (Wildman–Crippen MR) is 66.2 cm³/mol. The lowest BCUT2D eigenvalue weighted by Crippen LogP contribution is -1.88. The summed E-state index contributed by atoms with van der Waals surface area (Å²) in [6, 6.07) is 10.3. The zero-order valence-corrected chi connectivity index (χ0v) is 9.71. The molecule has 0 aliphatic rings. The molecular weight excluding hydrogens is 204 g/mol. The molecule has 0 aliphatic carbocycles. The van der Waals surface area contributed by atoms with Crippen LogP contribution in [0.4, 0.5) is 0 Å². The van der Waals surface area contributed by atoms with Crippen molar-refractivity contribution < 1.29 is 5.11 Å². The third-order valence-corrected chi connectivity index (χ3v) is 3.41. The fourth-order valence-electron chi connectivity index (χ4n) is 1.55. The van der Waals surface area contributed by atoms with Gasteiger partial charge in [-0.05, 0) is 31.4 Å². The Morgan fingerprint density at radius 3 is 2.73 bits per heavy atom. The molecule has 15 heavy (non-hydrogen) atoms. The molecular formula is C13H14OS. The fraction of sp³-hybridized carbons (Fsp3) is 0.231. The van der Waals surface area contributed by atoms with E-state index < -0.39 is 6.10 Å². The lowest BCUT2D eigenvalue weighted by Gasteiger charge is -2.01. The fourth-order valence-corrected chi connectivity index (χ4v) is 2.57. The summed E-state index contributed by atoms with van der Waals surface area (Å²) in [5.41, 5.74) is 1.14. The van der Waals surface area contributed by atoms with Gasteiger partial charge in [0.1, 0.15) is 6.10 Å². The first kappa shape index (κ1) is 10.4. The molecule has 1 aromatic heterocycles. The van der Waals surface area contributed by atoms with Crippen LogP contribution in [0.2, 0.25) is 0 Å². The van der Waals surface area contributed by atoms with Gasteiger partial charge in [-0.15, -0.1) is 11.3 Å². The normalized spacial score (nSPS) is 12.7. The lowest BCUT2D eigenvalue weighted by atomic mass is 10.2. The Balaban J connectivity index is 2.40. The third kappa shape index (κ3) is 2.28. The van der Waals surface area contributed by atoms with Gasteiger partial charge < -0.3 is 5.11 Å². The second-order valence-electron chi connectivity index (χ2n) is 3.88. The first-order valence-corrected chi connectivity index (χ1v) is 5.80. The van der Waals surface area contributed by atoms with Crippen molar-refractivity contribution >= 4 is 21.4 Å². The van der Waals surface area contributed by atoms with E-state index in [0.29, 0.717) is 0 Å². The predicted octanol–water partition coefficient (Wildman–Crippen LogP) is 3.90. The minimum Gasteiger partial charge on any atom is -0.383 e. The Hall–Kier alpha value is -1.12. The molecule has 1 atom stereocenters. The molecule has 1 heterocycles. The van der Waals surface area contributed by atoms with Crippen molar-refractivity contribution in [3.8, 4) is 0 Å². The molecule has 0 radical (unpaired) electrons. The highest BCUT2D eigenvalue weighted by Gasteiger charge is 2.08. The van der Waals surface area contributed by atoms with E-state index >= 15 is 0 Å². The Labute approximate surface area is 93.7 Å². The first-order chi connectivity index (χ1) is 7.16. The van der Waals surface area contributed by atoms with Gasteiger partial charge in [0.15, 0.2) is 0 Å². The zero-order chi connectivity index (χ0) is 10.8. The Morgan fingerprint density at radius 1 is 1.33 bits per heavy atom. The van der Waals surface area contributed by atoms with Gasteiger partial charge in [0.05, 0.1) is 0 Å². The van der Waals surface area contributed by atoms with E-state index in [1.165, 1.54) is 10.1 Å². The standard InChI is InChI=1S/C13H14OS/c1-9(2)7-11(14)13-8-10-5-3-4-6-12(10)15-13/h3-8,11,14H,1-2H3. The van der Waals surface area contributed by atoms with Crippen LogP contribution in [0.1, 0.15) is 24.8 Å². The molecule has 0 saturated carbocycles. The van der Waals surface area contributed by atoms with Crippen LogP contribution in [0.15, 0.2) is 42.0 Å². The average Bonchev–Trinajstić information content (AvgIpc) is 2.59. The van der Waals surface area contributed by atoms with Crippen molar-refractivity contribution in [1.82, 2.24) is 0 Å². The molecule has 1 nitrogen and oxygen atoms in total. The van der Waals surface area contributed by atoms with E-state index in [1.54, 1.807) is 11.3 Å². The number of aliphatic hydroxyl groups is 1. The molecule has 0 fully saturated rings. The van der Waals surface area contributed by atoms with Crippen LogP contribution in [-0.2, 0) is 0 Å². The van der Waals surface area contributed by atoms with E-state index in [-0.39, 0.29) is 0 Å². The number of aliphatic hydroxyl groups excluding tert-OH is 1. The van der Waals surface area contributed by atoms with Crippen molar-refractivity contribution in [2.45, 2.75) is 20.0 Å². The maximum absolute atomic E-state index is 9.93. The summed E-state index contributed by atoms with van der Waals surface area (Å²) in [7, 11) is 0. The molecule has 1 unspecified atom stereocenters. The molecule has 1 aromatic carbocycles.